The number of nitrogens with one attached hydrogen (secondary N) is 1. The first-order chi connectivity index (χ1) is 16.4. The van der Waals surface area contributed by atoms with Gasteiger partial charge in [-0.05, 0) is 40.3 Å². The second-order valence-electron chi connectivity index (χ2n) is 8.16. The number of nitro groups is 1. The van der Waals surface area contributed by atoms with E-state index in [-0.39, 0.29) is 30.4 Å². The fourth-order valence-corrected chi connectivity index (χ4v) is 5.26. The number of ether oxygens (including phenoxy) is 1. The Labute approximate surface area is 203 Å². The Hall–Kier alpha value is -3.72. The van der Waals surface area contributed by atoms with Gasteiger partial charge in [-0.15, -0.1) is 0 Å². The average molecular weight is 522 g/mol. The van der Waals surface area contributed by atoms with E-state index in [9.17, 15) is 19.7 Å². The predicted octanol–water partition coefficient (Wildman–Crippen LogP) is 4.79. The lowest BCUT2D eigenvalue weighted by atomic mass is 9.98. The number of hydrogen-bond acceptors (Lipinski definition) is 5. The summed E-state index contributed by atoms with van der Waals surface area (Å²) in [5.74, 6) is -0.516. The van der Waals surface area contributed by atoms with Crippen molar-refractivity contribution in [3.8, 4) is 11.1 Å². The van der Waals surface area contributed by atoms with Crippen LogP contribution in [0.2, 0.25) is 0 Å². The molecule has 172 valence electrons. The number of amides is 2. The van der Waals surface area contributed by atoms with Gasteiger partial charge in [-0.3, -0.25) is 14.9 Å². The highest BCUT2D eigenvalue weighted by molar-refractivity contribution is 9.10. The molecule has 9 heteroatoms. The van der Waals surface area contributed by atoms with E-state index in [1.807, 2.05) is 36.4 Å². The smallest absolute Gasteiger partial charge is 0.407 e. The lowest BCUT2D eigenvalue weighted by Gasteiger charge is -2.18. The molecule has 0 fully saturated rings. The summed E-state index contributed by atoms with van der Waals surface area (Å²) < 4.78 is 6.05. The van der Waals surface area contributed by atoms with Crippen LogP contribution >= 0.6 is 15.9 Å². The number of anilines is 1. The van der Waals surface area contributed by atoms with E-state index in [1.54, 1.807) is 6.07 Å². The summed E-state index contributed by atoms with van der Waals surface area (Å²) in [5, 5.41) is 14.0. The Morgan fingerprint density at radius 3 is 2.38 bits per heavy atom. The molecule has 0 saturated carbocycles. The Balaban J connectivity index is 1.23. The minimum absolute atomic E-state index is 0.0830. The van der Waals surface area contributed by atoms with E-state index < -0.39 is 16.9 Å². The largest absolute Gasteiger partial charge is 0.449 e. The zero-order valence-corrected chi connectivity index (χ0v) is 19.6. The zero-order chi connectivity index (χ0) is 23.8. The fraction of sp³-hybridized carbons (Fsp3) is 0.200. The van der Waals surface area contributed by atoms with Crippen LogP contribution in [0.5, 0.6) is 0 Å². The van der Waals surface area contributed by atoms with E-state index in [0.29, 0.717) is 17.4 Å². The van der Waals surface area contributed by atoms with Crippen molar-refractivity contribution in [2.24, 2.45) is 0 Å². The quantitative estimate of drug-likeness (QED) is 0.384. The first-order valence-corrected chi connectivity index (χ1v) is 11.6. The molecule has 1 heterocycles. The molecule has 1 N–H and O–H groups in total. The van der Waals surface area contributed by atoms with E-state index in [0.717, 1.165) is 27.8 Å². The molecule has 8 nitrogen and oxygen atoms in total. The van der Waals surface area contributed by atoms with Gasteiger partial charge in [0, 0.05) is 23.0 Å². The summed E-state index contributed by atoms with van der Waals surface area (Å²) >= 11 is 3.27. The van der Waals surface area contributed by atoms with Gasteiger partial charge >= 0.3 is 6.09 Å². The Bertz CT molecular complexity index is 1280. The summed E-state index contributed by atoms with van der Waals surface area (Å²) in [7, 11) is 0. The fourth-order valence-electron chi connectivity index (χ4n) is 4.77. The second kappa shape index (κ2) is 8.90. The van der Waals surface area contributed by atoms with Crippen molar-refractivity contribution in [2.75, 3.05) is 24.6 Å². The normalized spacial score (nSPS) is 13.7. The number of nitrogens with zero attached hydrogens (tertiary/aromatic N) is 2. The lowest BCUT2D eigenvalue weighted by Crippen LogP contribution is -2.40. The minimum Gasteiger partial charge on any atom is -0.449 e. The number of hydrogen-bond donors (Lipinski definition) is 1. The molecule has 0 spiro atoms. The van der Waals surface area contributed by atoms with Crippen LogP contribution < -0.4 is 10.2 Å². The van der Waals surface area contributed by atoms with Gasteiger partial charge in [0.2, 0.25) is 5.91 Å². The van der Waals surface area contributed by atoms with Crippen molar-refractivity contribution in [1.29, 1.82) is 0 Å². The predicted molar refractivity (Wildman–Crippen MR) is 130 cm³/mol. The van der Waals surface area contributed by atoms with Crippen LogP contribution in [0, 0.1) is 10.1 Å². The number of alkyl carbamates (subject to hydrolysis) is 1. The molecular weight excluding hydrogens is 502 g/mol. The summed E-state index contributed by atoms with van der Waals surface area (Å²) in [6.07, 6.45) is -0.202. The first kappa shape index (κ1) is 22.1. The van der Waals surface area contributed by atoms with Crippen LogP contribution in [-0.4, -0.2) is 36.6 Å². The molecule has 3 aromatic rings. The Morgan fingerprint density at radius 2 is 1.74 bits per heavy atom. The maximum atomic E-state index is 12.8. The molecule has 0 unspecified atom stereocenters. The maximum absolute atomic E-state index is 12.8. The van der Waals surface area contributed by atoms with Crippen molar-refractivity contribution in [3.63, 3.8) is 0 Å². The third-order valence-corrected chi connectivity index (χ3v) is 6.69. The number of nitro benzene ring substituents is 1. The van der Waals surface area contributed by atoms with Gasteiger partial charge < -0.3 is 15.0 Å². The molecule has 0 saturated heterocycles. The van der Waals surface area contributed by atoms with Crippen LogP contribution in [0.1, 0.15) is 22.6 Å². The molecule has 0 bridgehead atoms. The van der Waals surface area contributed by atoms with Crippen molar-refractivity contribution >= 4 is 39.3 Å². The molecule has 0 aromatic heterocycles. The molecule has 0 radical (unpaired) electrons. The van der Waals surface area contributed by atoms with Crippen LogP contribution in [0.25, 0.3) is 11.1 Å². The summed E-state index contributed by atoms with van der Waals surface area (Å²) in [5.41, 5.74) is 5.31. The minimum atomic E-state index is -0.708. The van der Waals surface area contributed by atoms with Gasteiger partial charge in [0.15, 0.2) is 0 Å². The SMILES string of the molecule is O=C(NCC(=O)N1CCc2cc(Br)cc([N+](=O)[O-])c21)OCC1c2ccccc2-c2ccccc21. The number of benzene rings is 3. The molecule has 2 aliphatic rings. The number of halogens is 1. The molecule has 1 aliphatic carbocycles. The van der Waals surface area contributed by atoms with Crippen LogP contribution in [-0.2, 0) is 16.0 Å². The van der Waals surface area contributed by atoms with Gasteiger partial charge in [0.25, 0.3) is 5.69 Å². The molecule has 3 aromatic carbocycles. The standard InChI is InChI=1S/C25H20BrN3O5/c26-16-11-15-9-10-28(24(15)22(12-16)29(32)33)23(30)13-27-25(31)34-14-21-19-7-3-1-5-17(19)18-6-2-4-8-20(18)21/h1-8,11-12,21H,9-10,13-14H2,(H,27,31). The topological polar surface area (TPSA) is 102 Å². The van der Waals surface area contributed by atoms with Gasteiger partial charge in [-0.25, -0.2) is 4.79 Å². The molecule has 5 rings (SSSR count). The monoisotopic (exact) mass is 521 g/mol. The van der Waals surface area contributed by atoms with Crippen LogP contribution in [0.3, 0.4) is 0 Å². The highest BCUT2D eigenvalue weighted by atomic mass is 79.9. The number of carbonyl (C=O) groups excluding carboxylic acids is 2. The van der Waals surface area contributed by atoms with Gasteiger partial charge in [0.1, 0.15) is 18.8 Å². The van der Waals surface area contributed by atoms with Crippen molar-refractivity contribution in [3.05, 3.63) is 91.9 Å². The van der Waals surface area contributed by atoms with E-state index in [1.165, 1.54) is 11.0 Å². The summed E-state index contributed by atoms with van der Waals surface area (Å²) in [6, 6.07) is 19.2. The van der Waals surface area contributed by atoms with Crippen LogP contribution in [0.15, 0.2) is 65.1 Å². The van der Waals surface area contributed by atoms with Gasteiger partial charge in [-0.1, -0.05) is 64.5 Å². The molecule has 1 aliphatic heterocycles. The zero-order valence-electron chi connectivity index (χ0n) is 18.0. The second-order valence-corrected chi connectivity index (χ2v) is 9.08. The van der Waals surface area contributed by atoms with Crippen LogP contribution in [0.4, 0.5) is 16.2 Å². The number of rotatable bonds is 5. The van der Waals surface area contributed by atoms with Crippen molar-refractivity contribution in [1.82, 2.24) is 5.32 Å². The number of fused-ring (bicyclic) bond motifs is 4. The summed E-state index contributed by atoms with van der Waals surface area (Å²) in [6.45, 7) is 0.140. The highest BCUT2D eigenvalue weighted by Gasteiger charge is 2.33. The Kier molecular flexibility index (Phi) is 5.79. The highest BCUT2D eigenvalue weighted by Crippen LogP contribution is 2.44. The molecular formula is C25H20BrN3O5. The molecule has 34 heavy (non-hydrogen) atoms. The molecule has 2 amide bonds. The third-order valence-electron chi connectivity index (χ3n) is 6.23. The average Bonchev–Trinajstić information content (AvgIpc) is 3.40. The Morgan fingerprint density at radius 1 is 1.09 bits per heavy atom. The lowest BCUT2D eigenvalue weighted by molar-refractivity contribution is -0.384. The number of carbonyl (C=O) groups is 2. The molecule has 0 atom stereocenters. The van der Waals surface area contributed by atoms with E-state index in [4.69, 9.17) is 4.74 Å². The maximum Gasteiger partial charge on any atom is 0.407 e. The van der Waals surface area contributed by atoms with Gasteiger partial charge in [0.05, 0.1) is 4.92 Å². The van der Waals surface area contributed by atoms with E-state index in [2.05, 4.69) is 33.4 Å². The van der Waals surface area contributed by atoms with E-state index >= 15 is 0 Å². The van der Waals surface area contributed by atoms with Gasteiger partial charge in [-0.2, -0.15) is 0 Å². The third kappa shape index (κ3) is 3.92. The summed E-state index contributed by atoms with van der Waals surface area (Å²) in [4.78, 5) is 37.5. The first-order valence-electron chi connectivity index (χ1n) is 10.8. The van der Waals surface area contributed by atoms with Crippen molar-refractivity contribution in [2.45, 2.75) is 12.3 Å². The van der Waals surface area contributed by atoms with Crippen molar-refractivity contribution < 1.29 is 19.2 Å².